The molecule has 2 nitrogen and oxygen atoms in total. The second-order valence-corrected chi connectivity index (χ2v) is 7.89. The summed E-state index contributed by atoms with van der Waals surface area (Å²) in [6.45, 7) is 2.01. The zero-order valence-electron chi connectivity index (χ0n) is 12.1. The number of thiophene rings is 1. The van der Waals surface area contributed by atoms with Crippen LogP contribution in [0.5, 0.6) is 0 Å². The van der Waals surface area contributed by atoms with Gasteiger partial charge in [-0.15, -0.1) is 11.3 Å². The van der Waals surface area contributed by atoms with E-state index in [1.54, 1.807) is 11.3 Å². The van der Waals surface area contributed by atoms with E-state index in [1.807, 2.05) is 0 Å². The maximum Gasteiger partial charge on any atom is 0.263 e. The highest BCUT2D eigenvalue weighted by Gasteiger charge is 2.33. The summed E-state index contributed by atoms with van der Waals surface area (Å²) in [7, 11) is 0. The lowest BCUT2D eigenvalue weighted by Crippen LogP contribution is -2.44. The van der Waals surface area contributed by atoms with E-state index in [0.717, 1.165) is 29.8 Å². The number of hydrogen-bond acceptors (Lipinski definition) is 2. The Morgan fingerprint density at radius 2 is 1.95 bits per heavy atom. The summed E-state index contributed by atoms with van der Waals surface area (Å²) >= 11 is 1.76. The van der Waals surface area contributed by atoms with Crippen molar-refractivity contribution in [3.63, 3.8) is 0 Å². The summed E-state index contributed by atoms with van der Waals surface area (Å²) in [5.74, 6) is 2.00. The van der Waals surface area contributed by atoms with Gasteiger partial charge < -0.3 is 4.90 Å². The van der Waals surface area contributed by atoms with E-state index in [2.05, 4.69) is 11.0 Å². The van der Waals surface area contributed by atoms with Gasteiger partial charge in [0.25, 0.3) is 5.91 Å². The average Bonchev–Trinajstić information content (AvgIpc) is 3.07. The standard InChI is InChI=1S/C17H23NOS/c19-17(16-10-13-6-3-7-15(13)20-16)18-9-8-12-4-1-2-5-14(12)11-18/h10,12,14H,1-9,11H2/t12-,14-/m1/s1. The fraction of sp³-hybridized carbons (Fsp3) is 0.706. The number of carbonyl (C=O) groups excluding carboxylic acids is 1. The number of piperidine rings is 1. The summed E-state index contributed by atoms with van der Waals surface area (Å²) in [5.41, 5.74) is 1.45. The number of likely N-dealkylation sites (tertiary alicyclic amines) is 1. The molecule has 2 atom stereocenters. The van der Waals surface area contributed by atoms with Crippen molar-refractivity contribution in [1.29, 1.82) is 0 Å². The molecule has 1 amide bonds. The summed E-state index contributed by atoms with van der Waals surface area (Å²) in [4.78, 5) is 17.3. The van der Waals surface area contributed by atoms with Crippen molar-refractivity contribution in [1.82, 2.24) is 4.90 Å². The van der Waals surface area contributed by atoms with Gasteiger partial charge in [-0.2, -0.15) is 0 Å². The molecule has 20 heavy (non-hydrogen) atoms. The number of nitrogens with zero attached hydrogens (tertiary/aromatic N) is 1. The van der Waals surface area contributed by atoms with Crippen LogP contribution in [0.4, 0.5) is 0 Å². The molecule has 4 rings (SSSR count). The molecule has 1 aromatic heterocycles. The van der Waals surface area contributed by atoms with Crippen LogP contribution in [-0.2, 0) is 12.8 Å². The molecule has 0 spiro atoms. The molecule has 0 bridgehead atoms. The lowest BCUT2D eigenvalue weighted by molar-refractivity contribution is 0.0525. The van der Waals surface area contributed by atoms with Gasteiger partial charge in [0.1, 0.15) is 0 Å². The van der Waals surface area contributed by atoms with Crippen molar-refractivity contribution in [2.75, 3.05) is 13.1 Å². The van der Waals surface area contributed by atoms with Crippen LogP contribution in [0.2, 0.25) is 0 Å². The van der Waals surface area contributed by atoms with Gasteiger partial charge in [0, 0.05) is 18.0 Å². The Morgan fingerprint density at radius 3 is 2.80 bits per heavy atom. The van der Waals surface area contributed by atoms with Crippen LogP contribution in [0.1, 0.15) is 58.6 Å². The fourth-order valence-electron chi connectivity index (χ4n) is 4.38. The first-order valence-corrected chi connectivity index (χ1v) is 9.04. The third-order valence-corrected chi connectivity index (χ3v) is 6.76. The molecule has 1 aliphatic heterocycles. The van der Waals surface area contributed by atoms with Crippen molar-refractivity contribution in [2.24, 2.45) is 11.8 Å². The number of fused-ring (bicyclic) bond motifs is 2. The second-order valence-electron chi connectivity index (χ2n) is 6.76. The minimum atomic E-state index is 0.313. The number of carbonyl (C=O) groups is 1. The van der Waals surface area contributed by atoms with Gasteiger partial charge in [0.05, 0.1) is 4.88 Å². The minimum Gasteiger partial charge on any atom is -0.338 e. The molecule has 0 N–H and O–H groups in total. The molecular weight excluding hydrogens is 266 g/mol. The Hall–Kier alpha value is -0.830. The normalized spacial score (nSPS) is 29.1. The molecule has 2 fully saturated rings. The third kappa shape index (κ3) is 2.20. The predicted molar refractivity (Wildman–Crippen MR) is 82.3 cm³/mol. The van der Waals surface area contributed by atoms with Gasteiger partial charge in [0.2, 0.25) is 0 Å². The molecule has 1 saturated carbocycles. The predicted octanol–water partition coefficient (Wildman–Crippen LogP) is 3.89. The zero-order valence-corrected chi connectivity index (χ0v) is 12.9. The van der Waals surface area contributed by atoms with E-state index in [4.69, 9.17) is 0 Å². The maximum atomic E-state index is 12.7. The zero-order chi connectivity index (χ0) is 13.5. The van der Waals surface area contributed by atoms with E-state index in [9.17, 15) is 4.79 Å². The topological polar surface area (TPSA) is 20.3 Å². The van der Waals surface area contributed by atoms with Crippen molar-refractivity contribution < 1.29 is 4.79 Å². The van der Waals surface area contributed by atoms with Crippen molar-refractivity contribution in [3.05, 3.63) is 21.4 Å². The van der Waals surface area contributed by atoms with E-state index in [1.165, 1.54) is 61.8 Å². The summed E-state index contributed by atoms with van der Waals surface area (Å²) in [6.07, 6.45) is 10.4. The van der Waals surface area contributed by atoms with Crippen molar-refractivity contribution in [2.45, 2.75) is 51.4 Å². The lowest BCUT2D eigenvalue weighted by atomic mass is 9.75. The average molecular weight is 289 g/mol. The first-order chi connectivity index (χ1) is 9.81. The molecule has 0 aromatic carbocycles. The van der Waals surface area contributed by atoms with Gasteiger partial charge in [-0.1, -0.05) is 19.3 Å². The van der Waals surface area contributed by atoms with Crippen molar-refractivity contribution in [3.8, 4) is 0 Å². The highest BCUT2D eigenvalue weighted by Crippen LogP contribution is 2.37. The first-order valence-electron chi connectivity index (χ1n) is 8.22. The number of aryl methyl sites for hydroxylation is 2. The molecule has 2 aliphatic carbocycles. The molecule has 3 heteroatoms. The summed E-state index contributed by atoms with van der Waals surface area (Å²) < 4.78 is 0. The number of rotatable bonds is 1. The fourth-order valence-corrected chi connectivity index (χ4v) is 5.60. The Balaban J connectivity index is 1.48. The number of amides is 1. The number of hydrogen-bond donors (Lipinski definition) is 0. The lowest BCUT2D eigenvalue weighted by Gasteiger charge is -2.41. The van der Waals surface area contributed by atoms with Crippen LogP contribution in [-0.4, -0.2) is 23.9 Å². The van der Waals surface area contributed by atoms with Crippen LogP contribution in [0, 0.1) is 11.8 Å². The van der Waals surface area contributed by atoms with Gasteiger partial charge in [-0.3, -0.25) is 4.79 Å². The van der Waals surface area contributed by atoms with Crippen LogP contribution in [0.15, 0.2) is 6.07 Å². The molecule has 2 heterocycles. The van der Waals surface area contributed by atoms with Gasteiger partial charge in [-0.25, -0.2) is 0 Å². The quantitative estimate of drug-likeness (QED) is 0.768. The molecular formula is C17H23NOS. The molecule has 0 radical (unpaired) electrons. The van der Waals surface area contributed by atoms with E-state index >= 15 is 0 Å². The second kappa shape index (κ2) is 5.18. The van der Waals surface area contributed by atoms with Crippen LogP contribution < -0.4 is 0 Å². The minimum absolute atomic E-state index is 0.313. The van der Waals surface area contributed by atoms with Gasteiger partial charge in [-0.05, 0) is 55.6 Å². The summed E-state index contributed by atoms with van der Waals surface area (Å²) in [5, 5.41) is 0. The maximum absolute atomic E-state index is 12.7. The third-order valence-electron chi connectivity index (χ3n) is 5.54. The Labute approximate surface area is 125 Å². The smallest absolute Gasteiger partial charge is 0.263 e. The van der Waals surface area contributed by atoms with Crippen LogP contribution in [0.3, 0.4) is 0 Å². The molecule has 3 aliphatic rings. The van der Waals surface area contributed by atoms with E-state index in [0.29, 0.717) is 5.91 Å². The molecule has 1 aromatic rings. The Kier molecular flexibility index (Phi) is 3.33. The summed E-state index contributed by atoms with van der Waals surface area (Å²) in [6, 6.07) is 2.18. The largest absolute Gasteiger partial charge is 0.338 e. The highest BCUT2D eigenvalue weighted by molar-refractivity contribution is 7.14. The monoisotopic (exact) mass is 289 g/mol. The molecule has 108 valence electrons. The van der Waals surface area contributed by atoms with E-state index in [-0.39, 0.29) is 0 Å². The molecule has 1 saturated heterocycles. The first kappa shape index (κ1) is 12.9. The SMILES string of the molecule is O=C(c1cc2c(s1)CCC2)N1CC[C@H]2CCCC[C@@H]2C1. The van der Waals surface area contributed by atoms with E-state index < -0.39 is 0 Å². The van der Waals surface area contributed by atoms with Crippen LogP contribution in [0.25, 0.3) is 0 Å². The highest BCUT2D eigenvalue weighted by atomic mass is 32.1. The Morgan fingerprint density at radius 1 is 1.10 bits per heavy atom. The van der Waals surface area contributed by atoms with Crippen molar-refractivity contribution >= 4 is 17.2 Å². The van der Waals surface area contributed by atoms with Gasteiger partial charge in [0.15, 0.2) is 0 Å². The molecule has 0 unspecified atom stereocenters. The Bertz CT molecular complexity index is 500. The van der Waals surface area contributed by atoms with Crippen LogP contribution >= 0.6 is 11.3 Å². The van der Waals surface area contributed by atoms with Gasteiger partial charge >= 0.3 is 0 Å².